The summed E-state index contributed by atoms with van der Waals surface area (Å²) >= 11 is 0. The highest BCUT2D eigenvalue weighted by molar-refractivity contribution is 5.87. The topological polar surface area (TPSA) is 49.4 Å². The summed E-state index contributed by atoms with van der Waals surface area (Å²) in [4.78, 5) is 27.7. The van der Waals surface area contributed by atoms with E-state index in [9.17, 15) is 9.59 Å². The number of hydrogen-bond donors (Lipinski definition) is 1. The van der Waals surface area contributed by atoms with Crippen molar-refractivity contribution in [3.8, 4) is 0 Å². The Balaban J connectivity index is 2.14. The van der Waals surface area contributed by atoms with Crippen molar-refractivity contribution in [1.82, 2.24) is 10.2 Å². The Morgan fingerprint density at radius 3 is 2.00 bits per heavy atom. The molecular weight excluding hydrogens is 372 g/mol. The van der Waals surface area contributed by atoms with E-state index in [1.807, 2.05) is 58.9 Å². The number of carbonyl (C=O) groups is 2. The van der Waals surface area contributed by atoms with Gasteiger partial charge in [0.1, 0.15) is 6.04 Å². The summed E-state index contributed by atoms with van der Waals surface area (Å²) in [5.41, 5.74) is 4.29. The second kappa shape index (κ2) is 10.4. The minimum Gasteiger partial charge on any atom is -0.350 e. The SMILES string of the molecule is CCc1ccc(CCC(=O)N(Cc2ccc(C)cc2)[C@H](C)C(=O)NC(C)(C)C)cc1. The molecule has 0 spiro atoms. The van der Waals surface area contributed by atoms with Gasteiger partial charge in [-0.2, -0.15) is 0 Å². The largest absolute Gasteiger partial charge is 0.350 e. The summed E-state index contributed by atoms with van der Waals surface area (Å²) in [6.07, 6.45) is 2.05. The number of carbonyl (C=O) groups excluding carboxylic acids is 2. The maximum Gasteiger partial charge on any atom is 0.242 e. The Morgan fingerprint density at radius 1 is 0.933 bits per heavy atom. The maximum atomic E-state index is 13.2. The minimum absolute atomic E-state index is 0.00768. The van der Waals surface area contributed by atoms with E-state index in [0.29, 0.717) is 19.4 Å². The first-order valence-corrected chi connectivity index (χ1v) is 10.8. The average molecular weight is 409 g/mol. The molecule has 0 saturated heterocycles. The van der Waals surface area contributed by atoms with Gasteiger partial charge in [-0.05, 0) is 64.2 Å². The average Bonchev–Trinajstić information content (AvgIpc) is 2.70. The van der Waals surface area contributed by atoms with Crippen molar-refractivity contribution >= 4 is 11.8 Å². The van der Waals surface area contributed by atoms with Crippen molar-refractivity contribution in [2.45, 2.75) is 78.9 Å². The molecule has 0 radical (unpaired) electrons. The molecule has 0 aliphatic heterocycles. The second-order valence-corrected chi connectivity index (χ2v) is 9.09. The van der Waals surface area contributed by atoms with E-state index in [0.717, 1.165) is 17.5 Å². The monoisotopic (exact) mass is 408 g/mol. The van der Waals surface area contributed by atoms with Crippen LogP contribution in [0.3, 0.4) is 0 Å². The smallest absolute Gasteiger partial charge is 0.242 e. The first-order chi connectivity index (χ1) is 14.1. The zero-order valence-corrected chi connectivity index (χ0v) is 19.3. The molecule has 4 nitrogen and oxygen atoms in total. The first kappa shape index (κ1) is 23.7. The van der Waals surface area contributed by atoms with Crippen LogP contribution < -0.4 is 5.32 Å². The van der Waals surface area contributed by atoms with Crippen LogP contribution in [0, 0.1) is 6.92 Å². The van der Waals surface area contributed by atoms with Crippen LogP contribution in [0.5, 0.6) is 0 Å². The fourth-order valence-corrected chi connectivity index (χ4v) is 3.28. The van der Waals surface area contributed by atoms with E-state index in [-0.39, 0.29) is 17.4 Å². The van der Waals surface area contributed by atoms with Crippen LogP contribution in [0.25, 0.3) is 0 Å². The van der Waals surface area contributed by atoms with Crippen LogP contribution in [-0.2, 0) is 29.0 Å². The standard InChI is InChI=1S/C26H36N2O2/c1-7-21-12-14-22(15-13-21)16-17-24(29)28(18-23-10-8-19(2)9-11-23)20(3)25(30)27-26(4,5)6/h8-15,20H,7,16-18H2,1-6H3,(H,27,30)/t20-/m1/s1. The van der Waals surface area contributed by atoms with Crippen LogP contribution in [-0.4, -0.2) is 28.3 Å². The normalized spacial score (nSPS) is 12.3. The number of nitrogens with zero attached hydrogens (tertiary/aromatic N) is 1. The molecule has 0 heterocycles. The van der Waals surface area contributed by atoms with Gasteiger partial charge in [-0.3, -0.25) is 9.59 Å². The number of hydrogen-bond acceptors (Lipinski definition) is 2. The van der Waals surface area contributed by atoms with Gasteiger partial charge in [0.15, 0.2) is 0 Å². The maximum absolute atomic E-state index is 13.2. The number of benzene rings is 2. The first-order valence-electron chi connectivity index (χ1n) is 10.8. The molecule has 162 valence electrons. The van der Waals surface area contributed by atoms with Crippen molar-refractivity contribution in [1.29, 1.82) is 0 Å². The lowest BCUT2D eigenvalue weighted by Gasteiger charge is -2.31. The summed E-state index contributed by atoms with van der Waals surface area (Å²) in [6, 6.07) is 16.0. The Kier molecular flexibility index (Phi) is 8.22. The van der Waals surface area contributed by atoms with Gasteiger partial charge >= 0.3 is 0 Å². The van der Waals surface area contributed by atoms with E-state index < -0.39 is 6.04 Å². The second-order valence-electron chi connectivity index (χ2n) is 9.09. The predicted molar refractivity (Wildman–Crippen MR) is 123 cm³/mol. The molecule has 0 aromatic heterocycles. The zero-order valence-electron chi connectivity index (χ0n) is 19.3. The number of rotatable bonds is 8. The summed E-state index contributed by atoms with van der Waals surface area (Å²) in [5.74, 6) is -0.137. The third kappa shape index (κ3) is 7.33. The van der Waals surface area contributed by atoms with Gasteiger partial charge in [0.2, 0.25) is 11.8 Å². The fraction of sp³-hybridized carbons (Fsp3) is 0.462. The molecule has 0 aliphatic rings. The highest BCUT2D eigenvalue weighted by atomic mass is 16.2. The Morgan fingerprint density at radius 2 is 1.47 bits per heavy atom. The molecule has 4 heteroatoms. The number of aryl methyl sites for hydroxylation is 3. The van der Waals surface area contributed by atoms with Crippen LogP contribution in [0.4, 0.5) is 0 Å². The molecule has 1 atom stereocenters. The molecule has 2 amide bonds. The van der Waals surface area contributed by atoms with Crippen molar-refractivity contribution in [3.63, 3.8) is 0 Å². The third-order valence-electron chi connectivity index (χ3n) is 5.20. The Labute approximate surface area is 181 Å². The molecular formula is C26H36N2O2. The van der Waals surface area contributed by atoms with Crippen molar-refractivity contribution in [3.05, 3.63) is 70.8 Å². The van der Waals surface area contributed by atoms with E-state index in [2.05, 4.69) is 36.5 Å². The van der Waals surface area contributed by atoms with Gasteiger partial charge in [0.05, 0.1) is 0 Å². The molecule has 2 rings (SSSR count). The highest BCUT2D eigenvalue weighted by Crippen LogP contribution is 2.15. The summed E-state index contributed by atoms with van der Waals surface area (Å²) in [5, 5.41) is 3.00. The highest BCUT2D eigenvalue weighted by Gasteiger charge is 2.28. The molecule has 0 saturated carbocycles. The van der Waals surface area contributed by atoms with Gasteiger partial charge in [-0.15, -0.1) is 0 Å². The van der Waals surface area contributed by atoms with Crippen LogP contribution >= 0.6 is 0 Å². The lowest BCUT2D eigenvalue weighted by molar-refractivity contribution is -0.141. The van der Waals surface area contributed by atoms with Crippen molar-refractivity contribution < 1.29 is 9.59 Å². The van der Waals surface area contributed by atoms with E-state index in [4.69, 9.17) is 0 Å². The van der Waals surface area contributed by atoms with Crippen molar-refractivity contribution in [2.24, 2.45) is 0 Å². The van der Waals surface area contributed by atoms with E-state index in [1.165, 1.54) is 11.1 Å². The zero-order chi connectivity index (χ0) is 22.3. The van der Waals surface area contributed by atoms with E-state index in [1.54, 1.807) is 4.90 Å². The van der Waals surface area contributed by atoms with Gasteiger partial charge < -0.3 is 10.2 Å². The van der Waals surface area contributed by atoms with E-state index >= 15 is 0 Å². The van der Waals surface area contributed by atoms with Gasteiger partial charge in [-0.1, -0.05) is 61.0 Å². The molecule has 1 N–H and O–H groups in total. The predicted octanol–water partition coefficient (Wildman–Crippen LogP) is 4.82. The molecule has 0 fully saturated rings. The lowest BCUT2D eigenvalue weighted by atomic mass is 10.0. The Bertz CT molecular complexity index is 833. The molecule has 0 unspecified atom stereocenters. The molecule has 2 aromatic rings. The third-order valence-corrected chi connectivity index (χ3v) is 5.20. The quantitative estimate of drug-likeness (QED) is 0.681. The lowest BCUT2D eigenvalue weighted by Crippen LogP contribution is -2.52. The molecule has 30 heavy (non-hydrogen) atoms. The van der Waals surface area contributed by atoms with Gasteiger partial charge in [0, 0.05) is 18.5 Å². The van der Waals surface area contributed by atoms with Gasteiger partial charge in [-0.25, -0.2) is 0 Å². The fourth-order valence-electron chi connectivity index (χ4n) is 3.28. The Hall–Kier alpha value is -2.62. The summed E-state index contributed by atoms with van der Waals surface area (Å²) in [6.45, 7) is 12.2. The van der Waals surface area contributed by atoms with Crippen molar-refractivity contribution in [2.75, 3.05) is 0 Å². The molecule has 0 bridgehead atoms. The van der Waals surface area contributed by atoms with Crippen LogP contribution in [0.1, 0.15) is 63.3 Å². The van der Waals surface area contributed by atoms with Gasteiger partial charge in [0.25, 0.3) is 0 Å². The van der Waals surface area contributed by atoms with Crippen LogP contribution in [0.2, 0.25) is 0 Å². The number of amides is 2. The minimum atomic E-state index is -0.541. The molecule has 2 aromatic carbocycles. The molecule has 0 aliphatic carbocycles. The van der Waals surface area contributed by atoms with Crippen LogP contribution in [0.15, 0.2) is 48.5 Å². The summed E-state index contributed by atoms with van der Waals surface area (Å²) < 4.78 is 0. The summed E-state index contributed by atoms with van der Waals surface area (Å²) in [7, 11) is 0. The number of nitrogens with one attached hydrogen (secondary N) is 1.